The van der Waals surface area contributed by atoms with Gasteiger partial charge < -0.3 is 15.4 Å². The summed E-state index contributed by atoms with van der Waals surface area (Å²) in [5, 5.41) is 5.56. The van der Waals surface area contributed by atoms with E-state index in [0.717, 1.165) is 12.2 Å². The predicted molar refractivity (Wildman–Crippen MR) is 108 cm³/mol. The van der Waals surface area contributed by atoms with Crippen LogP contribution in [0.2, 0.25) is 0 Å². The molecule has 0 radical (unpaired) electrons. The molecule has 0 aliphatic carbocycles. The van der Waals surface area contributed by atoms with Crippen molar-refractivity contribution in [1.82, 2.24) is 10.3 Å². The monoisotopic (exact) mass is 375 g/mol. The van der Waals surface area contributed by atoms with E-state index in [1.165, 1.54) is 18.5 Å². The van der Waals surface area contributed by atoms with Gasteiger partial charge in [0.25, 0.3) is 11.8 Å². The highest BCUT2D eigenvalue weighted by Gasteiger charge is 2.11. The van der Waals surface area contributed by atoms with Gasteiger partial charge >= 0.3 is 0 Å². The van der Waals surface area contributed by atoms with Crippen LogP contribution in [0.25, 0.3) is 0 Å². The van der Waals surface area contributed by atoms with Crippen molar-refractivity contribution in [3.05, 3.63) is 84.2 Å². The summed E-state index contributed by atoms with van der Waals surface area (Å²) in [5.41, 5.74) is 1.28. The molecule has 6 heteroatoms. The number of ether oxygens (including phenoxy) is 1. The fraction of sp³-hybridized carbons (Fsp3) is 0.136. The van der Waals surface area contributed by atoms with Crippen molar-refractivity contribution in [2.45, 2.75) is 13.3 Å². The predicted octanol–water partition coefficient (Wildman–Crippen LogP) is 4.27. The lowest BCUT2D eigenvalue weighted by Gasteiger charge is -2.09. The molecule has 0 bridgehead atoms. The van der Waals surface area contributed by atoms with Gasteiger partial charge in [-0.2, -0.15) is 0 Å². The molecular weight excluding hydrogens is 354 g/mol. The lowest BCUT2D eigenvalue weighted by Crippen LogP contribution is -2.24. The summed E-state index contributed by atoms with van der Waals surface area (Å²) >= 11 is 0. The van der Waals surface area contributed by atoms with Gasteiger partial charge in [0, 0.05) is 24.6 Å². The minimum atomic E-state index is -0.339. The molecule has 2 amide bonds. The number of carbonyl (C=O) groups is 2. The van der Waals surface area contributed by atoms with E-state index < -0.39 is 0 Å². The summed E-state index contributed by atoms with van der Waals surface area (Å²) in [5.74, 6) is 0.824. The van der Waals surface area contributed by atoms with Crippen molar-refractivity contribution in [2.24, 2.45) is 0 Å². The molecule has 28 heavy (non-hydrogen) atoms. The second-order valence-corrected chi connectivity index (χ2v) is 6.11. The van der Waals surface area contributed by atoms with Crippen LogP contribution in [0.1, 0.15) is 34.1 Å². The van der Waals surface area contributed by atoms with E-state index in [1.54, 1.807) is 24.3 Å². The zero-order valence-electron chi connectivity index (χ0n) is 15.5. The Hall–Kier alpha value is -3.67. The first-order valence-corrected chi connectivity index (χ1v) is 9.03. The molecule has 3 rings (SSSR count). The van der Waals surface area contributed by atoms with Crippen LogP contribution in [0.3, 0.4) is 0 Å². The Balaban J connectivity index is 1.63. The highest BCUT2D eigenvalue weighted by atomic mass is 16.5. The maximum Gasteiger partial charge on any atom is 0.257 e. The van der Waals surface area contributed by atoms with E-state index in [2.05, 4.69) is 15.6 Å². The Morgan fingerprint density at radius 3 is 2.21 bits per heavy atom. The minimum Gasteiger partial charge on any atom is -0.457 e. The normalized spacial score (nSPS) is 10.2. The Labute approximate surface area is 163 Å². The average molecular weight is 375 g/mol. The quantitative estimate of drug-likeness (QED) is 0.646. The summed E-state index contributed by atoms with van der Waals surface area (Å²) in [4.78, 5) is 28.5. The van der Waals surface area contributed by atoms with Crippen molar-refractivity contribution in [3.8, 4) is 11.5 Å². The topological polar surface area (TPSA) is 80.3 Å². The number of rotatable bonds is 7. The van der Waals surface area contributed by atoms with Crippen molar-refractivity contribution < 1.29 is 14.3 Å². The number of anilines is 1. The molecule has 0 saturated heterocycles. The van der Waals surface area contributed by atoms with Crippen LogP contribution in [0.15, 0.2) is 73.1 Å². The number of hydrogen-bond donors (Lipinski definition) is 2. The smallest absolute Gasteiger partial charge is 0.257 e. The van der Waals surface area contributed by atoms with Crippen LogP contribution in [0.4, 0.5) is 5.69 Å². The van der Waals surface area contributed by atoms with Crippen molar-refractivity contribution in [3.63, 3.8) is 0 Å². The molecule has 2 aromatic carbocycles. The maximum absolute atomic E-state index is 12.5. The number of amides is 2. The van der Waals surface area contributed by atoms with E-state index in [9.17, 15) is 9.59 Å². The number of pyridine rings is 1. The molecule has 142 valence electrons. The lowest BCUT2D eigenvalue weighted by atomic mass is 10.1. The SMILES string of the molecule is CCCNC(=O)c1cncc(C(=O)Nc2ccc(Oc3ccccc3)cc2)c1. The standard InChI is InChI=1S/C22H21N3O3/c1-2-12-24-21(26)16-13-17(15-23-14-16)22(27)25-18-8-10-20(11-9-18)28-19-6-4-3-5-7-19/h3-11,13-15H,2,12H2,1H3,(H,24,26)(H,25,27). The second kappa shape index (κ2) is 9.32. The van der Waals surface area contributed by atoms with Crippen LogP contribution in [-0.2, 0) is 0 Å². The molecule has 0 saturated carbocycles. The number of benzene rings is 2. The van der Waals surface area contributed by atoms with Gasteiger partial charge in [0.05, 0.1) is 11.1 Å². The first-order chi connectivity index (χ1) is 13.7. The van der Waals surface area contributed by atoms with Crippen LogP contribution in [-0.4, -0.2) is 23.3 Å². The van der Waals surface area contributed by atoms with Gasteiger partial charge in [-0.3, -0.25) is 14.6 Å². The van der Waals surface area contributed by atoms with Crippen molar-refractivity contribution in [1.29, 1.82) is 0 Å². The lowest BCUT2D eigenvalue weighted by molar-refractivity contribution is 0.0953. The van der Waals surface area contributed by atoms with E-state index in [0.29, 0.717) is 29.1 Å². The van der Waals surface area contributed by atoms with Gasteiger partial charge in [-0.05, 0) is 48.9 Å². The molecule has 1 aromatic heterocycles. The third-order valence-corrected chi connectivity index (χ3v) is 3.89. The van der Waals surface area contributed by atoms with Gasteiger partial charge in [-0.25, -0.2) is 0 Å². The van der Waals surface area contributed by atoms with Gasteiger partial charge in [0.15, 0.2) is 0 Å². The molecule has 0 atom stereocenters. The zero-order chi connectivity index (χ0) is 19.8. The Kier molecular flexibility index (Phi) is 6.36. The maximum atomic E-state index is 12.5. The number of carbonyl (C=O) groups excluding carboxylic acids is 2. The molecule has 0 fully saturated rings. The van der Waals surface area contributed by atoms with E-state index >= 15 is 0 Å². The van der Waals surface area contributed by atoms with E-state index in [1.807, 2.05) is 37.3 Å². The zero-order valence-corrected chi connectivity index (χ0v) is 15.5. The molecule has 0 aliphatic rings. The number of para-hydroxylation sites is 1. The molecule has 1 heterocycles. The fourth-order valence-corrected chi connectivity index (χ4v) is 2.46. The summed E-state index contributed by atoms with van der Waals surface area (Å²) in [7, 11) is 0. The van der Waals surface area contributed by atoms with Crippen molar-refractivity contribution >= 4 is 17.5 Å². The summed E-state index contributed by atoms with van der Waals surface area (Å²) in [6, 6.07) is 18.0. The summed E-state index contributed by atoms with van der Waals surface area (Å²) in [6.07, 6.45) is 3.71. The minimum absolute atomic E-state index is 0.244. The summed E-state index contributed by atoms with van der Waals surface area (Å²) in [6.45, 7) is 2.55. The molecule has 0 spiro atoms. The molecule has 2 N–H and O–H groups in total. The summed E-state index contributed by atoms with van der Waals surface area (Å²) < 4.78 is 5.73. The molecule has 3 aromatic rings. The molecule has 0 aliphatic heterocycles. The fourth-order valence-electron chi connectivity index (χ4n) is 2.46. The Morgan fingerprint density at radius 2 is 1.54 bits per heavy atom. The molecule has 6 nitrogen and oxygen atoms in total. The second-order valence-electron chi connectivity index (χ2n) is 6.11. The number of hydrogen-bond acceptors (Lipinski definition) is 4. The van der Waals surface area contributed by atoms with Crippen LogP contribution in [0.5, 0.6) is 11.5 Å². The average Bonchev–Trinajstić information content (AvgIpc) is 2.74. The highest BCUT2D eigenvalue weighted by Crippen LogP contribution is 2.22. The Morgan fingerprint density at radius 1 is 0.893 bits per heavy atom. The molecule has 0 unspecified atom stereocenters. The molecular formula is C22H21N3O3. The largest absolute Gasteiger partial charge is 0.457 e. The van der Waals surface area contributed by atoms with Gasteiger partial charge in [-0.15, -0.1) is 0 Å². The third-order valence-electron chi connectivity index (χ3n) is 3.89. The van der Waals surface area contributed by atoms with Gasteiger partial charge in [0.2, 0.25) is 0 Å². The number of nitrogens with one attached hydrogen (secondary N) is 2. The van der Waals surface area contributed by atoms with Crippen molar-refractivity contribution in [2.75, 3.05) is 11.9 Å². The van der Waals surface area contributed by atoms with Crippen LogP contribution >= 0.6 is 0 Å². The third kappa shape index (κ3) is 5.17. The Bertz CT molecular complexity index is 941. The van der Waals surface area contributed by atoms with Gasteiger partial charge in [-0.1, -0.05) is 25.1 Å². The van der Waals surface area contributed by atoms with E-state index in [4.69, 9.17) is 4.74 Å². The first-order valence-electron chi connectivity index (χ1n) is 9.03. The van der Waals surface area contributed by atoms with Gasteiger partial charge in [0.1, 0.15) is 11.5 Å². The van der Waals surface area contributed by atoms with E-state index in [-0.39, 0.29) is 11.8 Å². The first kappa shape index (κ1) is 19.1. The number of nitrogens with zero attached hydrogens (tertiary/aromatic N) is 1. The van der Waals surface area contributed by atoms with Crippen LogP contribution in [0, 0.1) is 0 Å². The highest BCUT2D eigenvalue weighted by molar-refractivity contribution is 6.05. The van der Waals surface area contributed by atoms with Crippen LogP contribution < -0.4 is 15.4 Å². The number of aromatic nitrogens is 1.